The van der Waals surface area contributed by atoms with Crippen molar-refractivity contribution in [2.24, 2.45) is 0 Å². The number of fused-ring (bicyclic) bond motifs is 3. The van der Waals surface area contributed by atoms with Crippen molar-refractivity contribution in [1.82, 2.24) is 15.1 Å². The van der Waals surface area contributed by atoms with Gasteiger partial charge in [0.2, 0.25) is 0 Å². The number of rotatable bonds is 2. The third-order valence-corrected chi connectivity index (χ3v) is 4.93. The highest BCUT2D eigenvalue weighted by Crippen LogP contribution is 2.34. The van der Waals surface area contributed by atoms with Gasteiger partial charge in [0.25, 0.3) is 0 Å². The minimum absolute atomic E-state index is 0.333. The van der Waals surface area contributed by atoms with Crippen molar-refractivity contribution in [1.29, 1.82) is 0 Å². The molecule has 0 aliphatic heterocycles. The lowest BCUT2D eigenvalue weighted by atomic mass is 10.1. The second-order valence-electron chi connectivity index (χ2n) is 5.29. The molecule has 0 saturated carbocycles. The molecule has 4 aromatic heterocycles. The van der Waals surface area contributed by atoms with Gasteiger partial charge in [0.05, 0.1) is 28.5 Å². The maximum atomic E-state index is 11.6. The lowest BCUT2D eigenvalue weighted by Gasteiger charge is -2.00. The van der Waals surface area contributed by atoms with E-state index in [1.54, 1.807) is 12.3 Å². The number of pyridine rings is 1. The van der Waals surface area contributed by atoms with E-state index in [9.17, 15) is 4.79 Å². The quantitative estimate of drug-likeness (QED) is 0.566. The van der Waals surface area contributed by atoms with Crippen LogP contribution in [0.2, 0.25) is 0 Å². The average Bonchev–Trinajstić information content (AvgIpc) is 3.18. The first-order valence-electron chi connectivity index (χ1n) is 7.01. The largest absolute Gasteiger partial charge is 0.465 e. The Morgan fingerprint density at radius 1 is 1.30 bits per heavy atom. The standard InChI is InChI=1S/C16H13N3O3S/c1-7-13(8(2)22-19-7)9-4-10-14(17-6-9)15-11(18-10)5-12(23-15)16(20)21-3/h4-6,18H,1-3H3. The summed E-state index contributed by atoms with van der Waals surface area (Å²) in [5.74, 6) is 0.435. The predicted molar refractivity (Wildman–Crippen MR) is 87.8 cm³/mol. The maximum Gasteiger partial charge on any atom is 0.348 e. The van der Waals surface area contributed by atoms with E-state index >= 15 is 0 Å². The van der Waals surface area contributed by atoms with Crippen LogP contribution in [-0.4, -0.2) is 28.2 Å². The molecule has 4 heterocycles. The third-order valence-electron chi connectivity index (χ3n) is 3.81. The number of ether oxygens (including phenoxy) is 1. The number of nitrogens with one attached hydrogen (secondary N) is 1. The Bertz CT molecular complexity index is 1040. The SMILES string of the molecule is COC(=O)c1cc2[nH]c3cc(-c4c(C)noc4C)cnc3c2s1. The Labute approximate surface area is 135 Å². The Kier molecular flexibility index (Phi) is 2.99. The highest BCUT2D eigenvalue weighted by atomic mass is 32.1. The van der Waals surface area contributed by atoms with Crippen molar-refractivity contribution in [3.05, 3.63) is 34.7 Å². The van der Waals surface area contributed by atoms with Crippen LogP contribution in [0, 0.1) is 13.8 Å². The zero-order valence-electron chi connectivity index (χ0n) is 12.8. The van der Waals surface area contributed by atoms with Crippen LogP contribution in [0.15, 0.2) is 22.9 Å². The molecule has 0 unspecified atom stereocenters. The summed E-state index contributed by atoms with van der Waals surface area (Å²) in [7, 11) is 1.38. The number of carbonyl (C=O) groups is 1. The van der Waals surface area contributed by atoms with Crippen LogP contribution in [0.3, 0.4) is 0 Å². The van der Waals surface area contributed by atoms with Crippen LogP contribution in [0.1, 0.15) is 21.1 Å². The van der Waals surface area contributed by atoms with Crippen LogP contribution in [-0.2, 0) is 4.74 Å². The fraction of sp³-hybridized carbons (Fsp3) is 0.188. The zero-order valence-corrected chi connectivity index (χ0v) is 13.6. The molecule has 0 aliphatic rings. The first-order valence-corrected chi connectivity index (χ1v) is 7.83. The maximum absolute atomic E-state index is 11.6. The van der Waals surface area contributed by atoms with Crippen molar-refractivity contribution in [3.63, 3.8) is 0 Å². The molecule has 0 aliphatic carbocycles. The topological polar surface area (TPSA) is 81.0 Å². The molecular formula is C16H13N3O3S. The minimum Gasteiger partial charge on any atom is -0.465 e. The van der Waals surface area contributed by atoms with Crippen molar-refractivity contribution >= 4 is 38.6 Å². The Balaban J connectivity index is 1.89. The molecule has 0 aromatic carbocycles. The van der Waals surface area contributed by atoms with Crippen LogP contribution in [0.4, 0.5) is 0 Å². The van der Waals surface area contributed by atoms with Crippen molar-refractivity contribution < 1.29 is 14.1 Å². The van der Waals surface area contributed by atoms with Gasteiger partial charge in [-0.1, -0.05) is 5.16 Å². The number of methoxy groups -OCH3 is 1. The molecule has 7 heteroatoms. The number of hydrogen-bond donors (Lipinski definition) is 1. The van der Waals surface area contributed by atoms with E-state index in [0.29, 0.717) is 4.88 Å². The number of thiophene rings is 1. The first-order chi connectivity index (χ1) is 11.1. The summed E-state index contributed by atoms with van der Waals surface area (Å²) in [5, 5.41) is 3.98. The first kappa shape index (κ1) is 14.0. The van der Waals surface area contributed by atoms with Gasteiger partial charge in [-0.05, 0) is 26.0 Å². The molecule has 4 rings (SSSR count). The van der Waals surface area contributed by atoms with Crippen LogP contribution in [0.25, 0.3) is 32.4 Å². The van der Waals surface area contributed by atoms with Crippen molar-refractivity contribution in [2.45, 2.75) is 13.8 Å². The third kappa shape index (κ3) is 2.04. The molecule has 6 nitrogen and oxygen atoms in total. The molecule has 0 amide bonds. The number of nitrogens with zero attached hydrogens (tertiary/aromatic N) is 2. The molecule has 0 atom stereocenters. The lowest BCUT2D eigenvalue weighted by molar-refractivity contribution is 0.0606. The molecule has 0 fully saturated rings. The van der Waals surface area contributed by atoms with Gasteiger partial charge >= 0.3 is 5.97 Å². The Morgan fingerprint density at radius 2 is 2.13 bits per heavy atom. The summed E-state index contributed by atoms with van der Waals surface area (Å²) in [6.45, 7) is 3.79. The van der Waals surface area contributed by atoms with Crippen molar-refractivity contribution in [2.75, 3.05) is 7.11 Å². The molecular weight excluding hydrogens is 314 g/mol. The summed E-state index contributed by atoms with van der Waals surface area (Å²) in [6.07, 6.45) is 1.81. The van der Waals surface area contributed by atoms with Gasteiger partial charge in [0, 0.05) is 17.3 Å². The number of aromatic nitrogens is 3. The molecule has 1 N–H and O–H groups in total. The van der Waals surface area contributed by atoms with E-state index in [1.165, 1.54) is 18.4 Å². The second kappa shape index (κ2) is 4.92. The van der Waals surface area contributed by atoms with E-state index in [-0.39, 0.29) is 5.97 Å². The highest BCUT2D eigenvalue weighted by molar-refractivity contribution is 7.21. The van der Waals surface area contributed by atoms with Gasteiger partial charge in [-0.25, -0.2) is 4.79 Å². The number of carbonyl (C=O) groups excluding carboxylic acids is 1. The fourth-order valence-corrected chi connectivity index (χ4v) is 3.82. The number of aromatic amines is 1. The van der Waals surface area contributed by atoms with Gasteiger partial charge in [0.1, 0.15) is 16.2 Å². The average molecular weight is 327 g/mol. The molecule has 0 radical (unpaired) electrons. The van der Waals surface area contributed by atoms with Crippen molar-refractivity contribution in [3.8, 4) is 11.1 Å². The smallest absolute Gasteiger partial charge is 0.348 e. The summed E-state index contributed by atoms with van der Waals surface area (Å²) in [5.41, 5.74) is 5.40. The summed E-state index contributed by atoms with van der Waals surface area (Å²) >= 11 is 1.38. The Hall–Kier alpha value is -2.67. The number of hydrogen-bond acceptors (Lipinski definition) is 6. The van der Waals surface area contributed by atoms with Gasteiger partial charge in [-0.3, -0.25) is 4.98 Å². The minimum atomic E-state index is -0.333. The van der Waals surface area contributed by atoms with Gasteiger partial charge in [0.15, 0.2) is 0 Å². The molecule has 0 bridgehead atoms. The van der Waals surface area contributed by atoms with Crippen LogP contribution in [0.5, 0.6) is 0 Å². The van der Waals surface area contributed by atoms with Gasteiger partial charge in [-0.15, -0.1) is 11.3 Å². The van der Waals surface area contributed by atoms with Gasteiger partial charge < -0.3 is 14.2 Å². The van der Waals surface area contributed by atoms with E-state index in [4.69, 9.17) is 9.26 Å². The second-order valence-corrected chi connectivity index (χ2v) is 6.34. The molecule has 0 spiro atoms. The van der Waals surface area contributed by atoms with E-state index in [2.05, 4.69) is 15.1 Å². The normalized spacial score (nSPS) is 11.4. The fourth-order valence-electron chi connectivity index (χ4n) is 2.78. The monoisotopic (exact) mass is 327 g/mol. The number of aryl methyl sites for hydroxylation is 2. The summed E-state index contributed by atoms with van der Waals surface area (Å²) in [4.78, 5) is 20.1. The molecule has 4 aromatic rings. The molecule has 0 saturated heterocycles. The molecule has 116 valence electrons. The lowest BCUT2D eigenvalue weighted by Crippen LogP contribution is -1.96. The molecule has 23 heavy (non-hydrogen) atoms. The highest BCUT2D eigenvalue weighted by Gasteiger charge is 2.17. The zero-order chi connectivity index (χ0) is 16.1. The summed E-state index contributed by atoms with van der Waals surface area (Å²) < 4.78 is 10.9. The Morgan fingerprint density at radius 3 is 2.83 bits per heavy atom. The summed E-state index contributed by atoms with van der Waals surface area (Å²) in [6, 6.07) is 3.82. The van der Waals surface area contributed by atoms with Gasteiger partial charge in [-0.2, -0.15) is 0 Å². The van der Waals surface area contributed by atoms with Crippen LogP contribution >= 0.6 is 11.3 Å². The van der Waals surface area contributed by atoms with E-state index in [1.807, 2.05) is 19.9 Å². The van der Waals surface area contributed by atoms with Crippen LogP contribution < -0.4 is 0 Å². The van der Waals surface area contributed by atoms with E-state index in [0.717, 1.165) is 43.8 Å². The predicted octanol–water partition coefficient (Wildman–Crippen LogP) is 3.84. The van der Waals surface area contributed by atoms with E-state index < -0.39 is 0 Å². The number of esters is 1. The number of H-pyrrole nitrogens is 1.